The van der Waals surface area contributed by atoms with Gasteiger partial charge in [0, 0.05) is 36.0 Å². The van der Waals surface area contributed by atoms with Crippen LogP contribution in [0.2, 0.25) is 0 Å². The third-order valence-corrected chi connectivity index (χ3v) is 6.04. The molecule has 3 aliphatic rings. The Bertz CT molecular complexity index is 931. The van der Waals surface area contributed by atoms with Crippen molar-refractivity contribution >= 4 is 23.7 Å². The van der Waals surface area contributed by atoms with Gasteiger partial charge in [0.25, 0.3) is 5.91 Å². The molecule has 0 radical (unpaired) electrons. The average molecular weight is 470 g/mol. The van der Waals surface area contributed by atoms with E-state index in [2.05, 4.69) is 15.6 Å². The maximum atomic E-state index is 12.8. The monoisotopic (exact) mass is 470 g/mol. The fourth-order valence-electron chi connectivity index (χ4n) is 4.27. The number of fused-ring (bicyclic) bond motifs is 1. The lowest BCUT2D eigenvalue weighted by atomic mass is 9.91. The number of aryl methyl sites for hydroxylation is 1. The first kappa shape index (κ1) is 24.6. The molecule has 0 aliphatic carbocycles. The number of aliphatic carboxylic acids is 1. The number of carbonyl (C=O) groups is 4. The highest BCUT2D eigenvalue weighted by Crippen LogP contribution is 2.30. The first-order valence-corrected chi connectivity index (χ1v) is 10.7. The number of alkyl halides is 3. The number of hydrogen-bond acceptors (Lipinski definition) is 6. The zero-order chi connectivity index (χ0) is 24.2. The largest absolute Gasteiger partial charge is 0.490 e. The lowest BCUT2D eigenvalue weighted by molar-refractivity contribution is -0.192. The molecule has 4 heterocycles. The van der Waals surface area contributed by atoms with Gasteiger partial charge in [0.15, 0.2) is 0 Å². The molecule has 180 valence electrons. The molecule has 9 nitrogen and oxygen atoms in total. The SMILES string of the molecule is O=C(O)C(F)(F)F.O=C1CCC(N2Cc3c(ccnc3CCC3CCNCC3)C2=O)C(=O)N1. The van der Waals surface area contributed by atoms with E-state index in [4.69, 9.17) is 9.90 Å². The smallest absolute Gasteiger partial charge is 0.475 e. The summed E-state index contributed by atoms with van der Waals surface area (Å²) in [6.07, 6.45) is 1.61. The number of imide groups is 1. The fraction of sp³-hybridized carbons (Fsp3) is 0.571. The second-order valence-corrected chi connectivity index (χ2v) is 8.22. The van der Waals surface area contributed by atoms with E-state index in [1.165, 1.54) is 12.8 Å². The lowest BCUT2D eigenvalue weighted by Crippen LogP contribution is -2.52. The van der Waals surface area contributed by atoms with Gasteiger partial charge in [-0.1, -0.05) is 0 Å². The van der Waals surface area contributed by atoms with Crippen LogP contribution in [0.5, 0.6) is 0 Å². The minimum Gasteiger partial charge on any atom is -0.475 e. The summed E-state index contributed by atoms with van der Waals surface area (Å²) >= 11 is 0. The molecule has 1 unspecified atom stereocenters. The van der Waals surface area contributed by atoms with Crippen molar-refractivity contribution < 1.29 is 37.5 Å². The van der Waals surface area contributed by atoms with Crippen molar-refractivity contribution in [3.63, 3.8) is 0 Å². The minimum atomic E-state index is -5.08. The fourth-order valence-corrected chi connectivity index (χ4v) is 4.27. The van der Waals surface area contributed by atoms with Crippen LogP contribution in [0.15, 0.2) is 12.3 Å². The summed E-state index contributed by atoms with van der Waals surface area (Å²) < 4.78 is 31.7. The van der Waals surface area contributed by atoms with Gasteiger partial charge in [-0.05, 0) is 57.2 Å². The summed E-state index contributed by atoms with van der Waals surface area (Å²) in [6.45, 7) is 2.56. The van der Waals surface area contributed by atoms with Crippen molar-refractivity contribution in [2.24, 2.45) is 5.92 Å². The van der Waals surface area contributed by atoms with Gasteiger partial charge < -0.3 is 15.3 Å². The molecule has 1 aromatic rings. The summed E-state index contributed by atoms with van der Waals surface area (Å²) in [6, 6.07) is 1.18. The maximum Gasteiger partial charge on any atom is 0.490 e. The van der Waals surface area contributed by atoms with Crippen LogP contribution in [0.1, 0.15) is 53.7 Å². The number of rotatable bonds is 4. The maximum absolute atomic E-state index is 12.8. The number of halogens is 3. The molecule has 0 saturated carbocycles. The van der Waals surface area contributed by atoms with Crippen LogP contribution < -0.4 is 10.6 Å². The van der Waals surface area contributed by atoms with Gasteiger partial charge in [-0.15, -0.1) is 0 Å². The van der Waals surface area contributed by atoms with Crippen LogP contribution in [0, 0.1) is 5.92 Å². The van der Waals surface area contributed by atoms with Gasteiger partial charge in [-0.25, -0.2) is 4.79 Å². The van der Waals surface area contributed by atoms with Crippen molar-refractivity contribution in [1.82, 2.24) is 20.5 Å². The molecule has 0 aromatic carbocycles. The standard InChI is InChI=1S/C19H24N4O3.C2HF3O2/c24-17-4-3-16(18(25)22-17)23-11-14-13(19(23)26)7-10-21-15(14)2-1-12-5-8-20-9-6-12;3-2(4,5)1(6)7/h7,10,12,16,20H,1-6,8-9,11H2,(H,22,24,25);(H,6,7). The van der Waals surface area contributed by atoms with Gasteiger partial charge in [0.05, 0.1) is 0 Å². The highest BCUT2D eigenvalue weighted by atomic mass is 19.4. The quantitative estimate of drug-likeness (QED) is 0.568. The number of amides is 3. The van der Waals surface area contributed by atoms with Crippen molar-refractivity contribution in [2.45, 2.75) is 57.3 Å². The molecule has 3 amide bonds. The Morgan fingerprint density at radius 1 is 1.18 bits per heavy atom. The van der Waals surface area contributed by atoms with Crippen LogP contribution in [0.4, 0.5) is 13.2 Å². The van der Waals surface area contributed by atoms with Gasteiger partial charge in [-0.3, -0.25) is 24.7 Å². The van der Waals surface area contributed by atoms with E-state index in [1.54, 1.807) is 17.2 Å². The van der Waals surface area contributed by atoms with E-state index in [1.807, 2.05) is 0 Å². The summed E-state index contributed by atoms with van der Waals surface area (Å²) in [7, 11) is 0. The summed E-state index contributed by atoms with van der Waals surface area (Å²) in [5.41, 5.74) is 2.59. The minimum absolute atomic E-state index is 0.125. The van der Waals surface area contributed by atoms with Crippen molar-refractivity contribution in [1.29, 1.82) is 0 Å². The Morgan fingerprint density at radius 2 is 1.85 bits per heavy atom. The highest BCUT2D eigenvalue weighted by molar-refractivity contribution is 6.05. The van der Waals surface area contributed by atoms with E-state index >= 15 is 0 Å². The molecule has 4 rings (SSSR count). The van der Waals surface area contributed by atoms with Crippen molar-refractivity contribution in [3.8, 4) is 0 Å². The van der Waals surface area contributed by atoms with Gasteiger partial charge >= 0.3 is 12.1 Å². The molecular formula is C21H25F3N4O5. The molecule has 0 bridgehead atoms. The number of pyridine rings is 1. The second kappa shape index (κ2) is 10.3. The normalized spacial score (nSPS) is 21.2. The number of carboxylic acid groups (broad SMARTS) is 1. The van der Waals surface area contributed by atoms with E-state index in [-0.39, 0.29) is 24.1 Å². The molecule has 1 atom stereocenters. The Morgan fingerprint density at radius 3 is 2.45 bits per heavy atom. The number of aromatic nitrogens is 1. The Hall–Kier alpha value is -3.02. The van der Waals surface area contributed by atoms with Gasteiger partial charge in [0.2, 0.25) is 11.8 Å². The summed E-state index contributed by atoms with van der Waals surface area (Å²) in [5, 5.41) is 12.8. The molecule has 1 aromatic heterocycles. The van der Waals surface area contributed by atoms with Crippen LogP contribution in [0.3, 0.4) is 0 Å². The Kier molecular flexibility index (Phi) is 7.67. The number of carboxylic acids is 1. The third kappa shape index (κ3) is 6.06. The predicted molar refractivity (Wildman–Crippen MR) is 108 cm³/mol. The molecule has 2 fully saturated rings. The van der Waals surface area contributed by atoms with Crippen molar-refractivity contribution in [3.05, 3.63) is 29.1 Å². The lowest BCUT2D eigenvalue weighted by Gasteiger charge is -2.29. The predicted octanol–water partition coefficient (Wildman–Crippen LogP) is 1.41. The van der Waals surface area contributed by atoms with Gasteiger partial charge in [-0.2, -0.15) is 13.2 Å². The molecule has 12 heteroatoms. The zero-order valence-corrected chi connectivity index (χ0v) is 17.8. The van der Waals surface area contributed by atoms with Crippen molar-refractivity contribution in [2.75, 3.05) is 13.1 Å². The van der Waals surface area contributed by atoms with Crippen LogP contribution >= 0.6 is 0 Å². The number of nitrogens with zero attached hydrogens (tertiary/aromatic N) is 2. The number of carbonyl (C=O) groups excluding carboxylic acids is 3. The Balaban J connectivity index is 0.000000383. The van der Waals surface area contributed by atoms with E-state index < -0.39 is 18.2 Å². The second-order valence-electron chi connectivity index (χ2n) is 8.22. The number of hydrogen-bond donors (Lipinski definition) is 3. The van der Waals surface area contributed by atoms with Crippen LogP contribution in [0.25, 0.3) is 0 Å². The van der Waals surface area contributed by atoms with E-state index in [0.717, 1.165) is 37.2 Å². The van der Waals surface area contributed by atoms with Gasteiger partial charge in [0.1, 0.15) is 6.04 Å². The third-order valence-electron chi connectivity index (χ3n) is 6.04. The van der Waals surface area contributed by atoms with Crippen LogP contribution in [-0.2, 0) is 27.3 Å². The van der Waals surface area contributed by atoms with E-state index in [0.29, 0.717) is 24.4 Å². The highest BCUT2D eigenvalue weighted by Gasteiger charge is 2.40. The topological polar surface area (TPSA) is 129 Å². The molecule has 33 heavy (non-hydrogen) atoms. The first-order chi connectivity index (χ1) is 15.6. The summed E-state index contributed by atoms with van der Waals surface area (Å²) in [4.78, 5) is 51.4. The molecular weight excluding hydrogens is 445 g/mol. The molecule has 0 spiro atoms. The molecule has 3 aliphatic heterocycles. The summed E-state index contributed by atoms with van der Waals surface area (Å²) in [5.74, 6) is -2.81. The van der Waals surface area contributed by atoms with E-state index in [9.17, 15) is 27.6 Å². The van der Waals surface area contributed by atoms with Crippen LogP contribution in [-0.4, -0.2) is 64.0 Å². The molecule has 2 saturated heterocycles. The zero-order valence-electron chi connectivity index (χ0n) is 17.8. The first-order valence-electron chi connectivity index (χ1n) is 10.7. The Labute approximate surface area is 187 Å². The molecule has 3 N–H and O–H groups in total. The average Bonchev–Trinajstić information content (AvgIpc) is 3.10. The number of piperidine rings is 2. The number of nitrogens with one attached hydrogen (secondary N) is 2.